The van der Waals surface area contributed by atoms with Crippen LogP contribution in [-0.4, -0.2) is 18.9 Å². The third kappa shape index (κ3) is 2.51. The highest BCUT2D eigenvalue weighted by molar-refractivity contribution is 5.75. The highest BCUT2D eigenvalue weighted by atomic mass is 16.1. The second-order valence-electron chi connectivity index (χ2n) is 5.00. The van der Waals surface area contributed by atoms with Gasteiger partial charge in [-0.15, -0.1) is 0 Å². The number of hydrogen-bond acceptors (Lipinski definition) is 2. The van der Waals surface area contributed by atoms with Gasteiger partial charge in [-0.05, 0) is 43.0 Å². The van der Waals surface area contributed by atoms with E-state index >= 15 is 0 Å². The summed E-state index contributed by atoms with van der Waals surface area (Å²) in [5.41, 5.74) is 2.02. The summed E-state index contributed by atoms with van der Waals surface area (Å²) in [7, 11) is 0. The summed E-state index contributed by atoms with van der Waals surface area (Å²) in [4.78, 5) is 13.1. The van der Waals surface area contributed by atoms with Crippen LogP contribution in [0, 0.1) is 5.92 Å². The molecule has 0 N–H and O–H groups in total. The Morgan fingerprint density at radius 2 is 2.12 bits per heavy atom. The van der Waals surface area contributed by atoms with Crippen LogP contribution in [-0.2, 0) is 0 Å². The molecule has 1 aliphatic rings. The van der Waals surface area contributed by atoms with Gasteiger partial charge >= 0.3 is 0 Å². The second-order valence-corrected chi connectivity index (χ2v) is 5.00. The quantitative estimate of drug-likeness (QED) is 0.739. The highest BCUT2D eigenvalue weighted by Crippen LogP contribution is 2.30. The zero-order valence-corrected chi connectivity index (χ0v) is 10.7. The third-order valence-corrected chi connectivity index (χ3v) is 3.96. The number of rotatable bonds is 4. The van der Waals surface area contributed by atoms with Crippen LogP contribution >= 0.6 is 0 Å². The lowest BCUT2D eigenvalue weighted by Gasteiger charge is -2.31. The molecule has 17 heavy (non-hydrogen) atoms. The van der Waals surface area contributed by atoms with Crippen LogP contribution < -0.4 is 4.90 Å². The fraction of sp³-hybridized carbons (Fsp3) is 0.533. The first-order valence-electron chi connectivity index (χ1n) is 6.58. The molecule has 0 aromatic heterocycles. The Morgan fingerprint density at radius 3 is 2.71 bits per heavy atom. The van der Waals surface area contributed by atoms with Gasteiger partial charge in [0.1, 0.15) is 6.29 Å². The molecule has 2 atom stereocenters. The fourth-order valence-electron chi connectivity index (χ4n) is 2.72. The number of nitrogens with zero attached hydrogens (tertiary/aromatic N) is 1. The summed E-state index contributed by atoms with van der Waals surface area (Å²) in [6, 6.07) is 8.64. The summed E-state index contributed by atoms with van der Waals surface area (Å²) >= 11 is 0. The van der Waals surface area contributed by atoms with Crippen molar-refractivity contribution in [3.63, 3.8) is 0 Å². The Morgan fingerprint density at radius 1 is 1.41 bits per heavy atom. The first-order chi connectivity index (χ1) is 8.26. The average molecular weight is 231 g/mol. The summed E-state index contributed by atoms with van der Waals surface area (Å²) < 4.78 is 0. The Hall–Kier alpha value is -1.31. The smallest absolute Gasteiger partial charge is 0.150 e. The molecule has 1 saturated heterocycles. The monoisotopic (exact) mass is 231 g/mol. The Bertz CT molecular complexity index is 371. The fourth-order valence-corrected chi connectivity index (χ4v) is 2.72. The van der Waals surface area contributed by atoms with E-state index in [2.05, 4.69) is 30.9 Å². The Labute approximate surface area is 104 Å². The van der Waals surface area contributed by atoms with Crippen molar-refractivity contribution in [2.24, 2.45) is 5.92 Å². The van der Waals surface area contributed by atoms with Crippen molar-refractivity contribution < 1.29 is 4.79 Å². The van der Waals surface area contributed by atoms with Crippen molar-refractivity contribution in [2.45, 2.75) is 39.2 Å². The average Bonchev–Trinajstić information content (AvgIpc) is 2.87. The van der Waals surface area contributed by atoms with Gasteiger partial charge in [-0.25, -0.2) is 0 Å². The molecule has 1 aromatic carbocycles. The van der Waals surface area contributed by atoms with Gasteiger partial charge in [-0.2, -0.15) is 0 Å². The van der Waals surface area contributed by atoms with E-state index in [4.69, 9.17) is 0 Å². The molecule has 0 aliphatic carbocycles. The third-order valence-electron chi connectivity index (χ3n) is 3.96. The van der Waals surface area contributed by atoms with Gasteiger partial charge in [-0.1, -0.05) is 20.3 Å². The van der Waals surface area contributed by atoms with Gasteiger partial charge in [0.15, 0.2) is 0 Å². The van der Waals surface area contributed by atoms with Crippen LogP contribution in [0.4, 0.5) is 5.69 Å². The minimum atomic E-state index is 0.669. The largest absolute Gasteiger partial charge is 0.368 e. The Kier molecular flexibility index (Phi) is 3.82. The summed E-state index contributed by atoms with van der Waals surface area (Å²) in [5.74, 6) is 0.739. The molecule has 0 radical (unpaired) electrons. The van der Waals surface area contributed by atoms with Gasteiger partial charge in [0.25, 0.3) is 0 Å². The zero-order valence-electron chi connectivity index (χ0n) is 10.7. The first-order valence-corrected chi connectivity index (χ1v) is 6.58. The zero-order chi connectivity index (χ0) is 12.3. The van der Waals surface area contributed by atoms with E-state index in [0.717, 1.165) is 24.3 Å². The molecule has 0 saturated carbocycles. The first kappa shape index (κ1) is 12.2. The van der Waals surface area contributed by atoms with Crippen LogP contribution in [0.15, 0.2) is 24.3 Å². The van der Waals surface area contributed by atoms with E-state index in [1.54, 1.807) is 0 Å². The number of hydrogen-bond donors (Lipinski definition) is 0. The van der Waals surface area contributed by atoms with E-state index in [0.29, 0.717) is 6.04 Å². The molecule has 0 amide bonds. The normalized spacial score (nSPS) is 21.5. The molecule has 1 aromatic rings. The van der Waals surface area contributed by atoms with E-state index < -0.39 is 0 Å². The van der Waals surface area contributed by atoms with E-state index in [1.807, 2.05) is 12.1 Å². The van der Waals surface area contributed by atoms with E-state index in [-0.39, 0.29) is 0 Å². The molecular formula is C15H21NO. The maximum absolute atomic E-state index is 10.6. The van der Waals surface area contributed by atoms with Gasteiger partial charge in [0, 0.05) is 23.8 Å². The van der Waals surface area contributed by atoms with Crippen LogP contribution in [0.2, 0.25) is 0 Å². The van der Waals surface area contributed by atoms with Crippen LogP contribution in [0.5, 0.6) is 0 Å². The molecule has 2 nitrogen and oxygen atoms in total. The highest BCUT2D eigenvalue weighted by Gasteiger charge is 2.28. The van der Waals surface area contributed by atoms with E-state index in [9.17, 15) is 4.79 Å². The van der Waals surface area contributed by atoms with Crippen LogP contribution in [0.1, 0.15) is 43.5 Å². The lowest BCUT2D eigenvalue weighted by molar-refractivity contribution is 0.112. The predicted molar refractivity (Wildman–Crippen MR) is 71.7 cm³/mol. The van der Waals surface area contributed by atoms with Crippen molar-refractivity contribution in [3.8, 4) is 0 Å². The number of benzene rings is 1. The van der Waals surface area contributed by atoms with Crippen molar-refractivity contribution >= 4 is 12.0 Å². The molecule has 1 fully saturated rings. The van der Waals surface area contributed by atoms with Crippen LogP contribution in [0.3, 0.4) is 0 Å². The Balaban J connectivity index is 2.16. The maximum Gasteiger partial charge on any atom is 0.150 e. The molecule has 2 rings (SSSR count). The molecule has 1 heterocycles. The summed E-state index contributed by atoms with van der Waals surface area (Å²) in [6.07, 6.45) is 4.71. The maximum atomic E-state index is 10.6. The standard InChI is InChI=1S/C15H21NO/c1-3-12(2)15-5-4-10-16(15)14-8-6-13(11-17)7-9-14/h6-9,11-12,15H,3-5,10H2,1-2H3. The number of carbonyl (C=O) groups excluding carboxylic acids is 1. The lowest BCUT2D eigenvalue weighted by atomic mass is 9.96. The summed E-state index contributed by atoms with van der Waals surface area (Å²) in [6.45, 7) is 5.74. The molecule has 92 valence electrons. The molecule has 0 spiro atoms. The minimum absolute atomic E-state index is 0.669. The molecule has 2 unspecified atom stereocenters. The topological polar surface area (TPSA) is 20.3 Å². The van der Waals surface area contributed by atoms with Crippen LogP contribution in [0.25, 0.3) is 0 Å². The van der Waals surface area contributed by atoms with Crippen molar-refractivity contribution in [1.29, 1.82) is 0 Å². The van der Waals surface area contributed by atoms with E-state index in [1.165, 1.54) is 24.9 Å². The number of aldehydes is 1. The molecule has 0 bridgehead atoms. The second kappa shape index (κ2) is 5.35. The number of anilines is 1. The van der Waals surface area contributed by atoms with Crippen molar-refractivity contribution in [2.75, 3.05) is 11.4 Å². The van der Waals surface area contributed by atoms with Gasteiger partial charge in [0.2, 0.25) is 0 Å². The molecular weight excluding hydrogens is 210 g/mol. The summed E-state index contributed by atoms with van der Waals surface area (Å²) in [5, 5.41) is 0. The predicted octanol–water partition coefficient (Wildman–Crippen LogP) is 3.51. The van der Waals surface area contributed by atoms with Gasteiger partial charge in [0.05, 0.1) is 0 Å². The van der Waals surface area contributed by atoms with Gasteiger partial charge < -0.3 is 4.90 Å². The molecule has 2 heteroatoms. The van der Waals surface area contributed by atoms with Gasteiger partial charge in [-0.3, -0.25) is 4.79 Å². The minimum Gasteiger partial charge on any atom is -0.368 e. The van der Waals surface area contributed by atoms with Crippen molar-refractivity contribution in [3.05, 3.63) is 29.8 Å². The molecule has 1 aliphatic heterocycles. The SMILES string of the molecule is CCC(C)C1CCCN1c1ccc(C=O)cc1. The lowest BCUT2D eigenvalue weighted by Crippen LogP contribution is -2.34. The number of carbonyl (C=O) groups is 1. The van der Waals surface area contributed by atoms with Crippen molar-refractivity contribution in [1.82, 2.24) is 0 Å².